The molecule has 2 atom stereocenters. The van der Waals surface area contributed by atoms with E-state index in [4.69, 9.17) is 9.15 Å². The zero-order chi connectivity index (χ0) is 14.2. The molecule has 0 radical (unpaired) electrons. The van der Waals surface area contributed by atoms with E-state index >= 15 is 0 Å². The summed E-state index contributed by atoms with van der Waals surface area (Å²) in [7, 11) is 0. The maximum absolute atomic E-state index is 6.16. The fourth-order valence-electron chi connectivity index (χ4n) is 3.34. The molecule has 1 aliphatic rings. The van der Waals surface area contributed by atoms with E-state index in [1.807, 2.05) is 6.26 Å². The average Bonchev–Trinajstić information content (AvgIpc) is 3.01. The molecule has 0 aliphatic heterocycles. The van der Waals surface area contributed by atoms with Gasteiger partial charge >= 0.3 is 0 Å². The van der Waals surface area contributed by atoms with Crippen LogP contribution < -0.4 is 5.32 Å². The molecule has 1 aromatic heterocycles. The highest BCUT2D eigenvalue weighted by Gasteiger charge is 2.32. The summed E-state index contributed by atoms with van der Waals surface area (Å²) in [6, 6.07) is 2.33. The van der Waals surface area contributed by atoms with E-state index in [1.54, 1.807) is 6.26 Å². The first-order valence-corrected chi connectivity index (χ1v) is 8.23. The molecule has 20 heavy (non-hydrogen) atoms. The van der Waals surface area contributed by atoms with Crippen LogP contribution in [0, 0.1) is 5.92 Å². The van der Waals surface area contributed by atoms with Crippen LogP contribution in [0.3, 0.4) is 0 Å². The quantitative estimate of drug-likeness (QED) is 0.770. The first-order valence-electron chi connectivity index (χ1n) is 8.23. The third kappa shape index (κ3) is 4.10. The van der Waals surface area contributed by atoms with E-state index in [9.17, 15) is 0 Å². The van der Waals surface area contributed by atoms with E-state index in [-0.39, 0.29) is 12.1 Å². The van der Waals surface area contributed by atoms with Crippen LogP contribution in [-0.2, 0) is 4.74 Å². The Morgan fingerprint density at radius 2 is 2.10 bits per heavy atom. The van der Waals surface area contributed by atoms with E-state index in [2.05, 4.69) is 25.2 Å². The van der Waals surface area contributed by atoms with Gasteiger partial charge in [0.2, 0.25) is 0 Å². The fourth-order valence-corrected chi connectivity index (χ4v) is 3.34. The summed E-state index contributed by atoms with van der Waals surface area (Å²) in [5.74, 6) is 0.674. The molecule has 0 saturated heterocycles. The van der Waals surface area contributed by atoms with E-state index in [1.165, 1.54) is 37.7 Å². The molecule has 114 valence electrons. The Bertz CT molecular complexity index is 344. The van der Waals surface area contributed by atoms with Crippen molar-refractivity contribution in [1.82, 2.24) is 5.32 Å². The van der Waals surface area contributed by atoms with Gasteiger partial charge in [0.15, 0.2) is 0 Å². The van der Waals surface area contributed by atoms with Crippen LogP contribution in [0.15, 0.2) is 23.0 Å². The molecule has 2 unspecified atom stereocenters. The Morgan fingerprint density at radius 1 is 1.30 bits per heavy atom. The van der Waals surface area contributed by atoms with Gasteiger partial charge in [-0.3, -0.25) is 0 Å². The first kappa shape index (κ1) is 15.6. The molecule has 0 amide bonds. The van der Waals surface area contributed by atoms with Crippen LogP contribution in [0.4, 0.5) is 0 Å². The smallest absolute Gasteiger partial charge is 0.0951 e. The van der Waals surface area contributed by atoms with Crippen molar-refractivity contribution < 1.29 is 9.15 Å². The Hall–Kier alpha value is -0.800. The molecular weight excluding hydrogens is 250 g/mol. The highest BCUT2D eigenvalue weighted by Crippen LogP contribution is 2.34. The predicted molar refractivity (Wildman–Crippen MR) is 81.7 cm³/mol. The lowest BCUT2D eigenvalue weighted by atomic mass is 9.81. The van der Waals surface area contributed by atoms with Gasteiger partial charge in [-0.1, -0.05) is 26.2 Å². The summed E-state index contributed by atoms with van der Waals surface area (Å²) in [5, 5.41) is 3.67. The summed E-state index contributed by atoms with van der Waals surface area (Å²) >= 11 is 0. The van der Waals surface area contributed by atoms with Crippen LogP contribution in [-0.4, -0.2) is 19.3 Å². The molecular formula is C17H29NO2. The van der Waals surface area contributed by atoms with Crippen molar-refractivity contribution in [3.8, 4) is 0 Å². The van der Waals surface area contributed by atoms with E-state index in [0.29, 0.717) is 5.92 Å². The minimum absolute atomic E-state index is 0.261. The minimum atomic E-state index is 0.261. The third-order valence-electron chi connectivity index (χ3n) is 4.32. The maximum atomic E-state index is 6.16. The van der Waals surface area contributed by atoms with Crippen molar-refractivity contribution >= 4 is 0 Å². The molecule has 1 N–H and O–H groups in total. The molecule has 2 rings (SSSR count). The maximum Gasteiger partial charge on any atom is 0.0951 e. The summed E-state index contributed by atoms with van der Waals surface area (Å²) < 4.78 is 11.5. The highest BCUT2D eigenvalue weighted by atomic mass is 16.5. The molecule has 1 aromatic rings. The summed E-state index contributed by atoms with van der Waals surface area (Å²) in [4.78, 5) is 0. The van der Waals surface area contributed by atoms with Gasteiger partial charge in [-0.25, -0.2) is 0 Å². The SMILES string of the molecule is CCCNC(c1ccoc1)C(OCC)C1CCCCC1. The van der Waals surface area contributed by atoms with Crippen molar-refractivity contribution in [2.24, 2.45) is 5.92 Å². The number of hydrogen-bond donors (Lipinski definition) is 1. The monoisotopic (exact) mass is 279 g/mol. The lowest BCUT2D eigenvalue weighted by Crippen LogP contribution is -2.40. The Kier molecular flexibility index (Phi) is 6.61. The van der Waals surface area contributed by atoms with Crippen LogP contribution in [0.1, 0.15) is 64.0 Å². The normalized spacial score (nSPS) is 19.9. The molecule has 0 aromatic carbocycles. The van der Waals surface area contributed by atoms with Crippen LogP contribution in [0.25, 0.3) is 0 Å². The second-order valence-electron chi connectivity index (χ2n) is 5.81. The van der Waals surface area contributed by atoms with E-state index in [0.717, 1.165) is 19.6 Å². The summed E-state index contributed by atoms with van der Waals surface area (Å²) in [5.41, 5.74) is 1.22. The highest BCUT2D eigenvalue weighted by molar-refractivity contribution is 5.14. The van der Waals surface area contributed by atoms with Crippen LogP contribution in [0.5, 0.6) is 0 Å². The summed E-state index contributed by atoms with van der Waals surface area (Å²) in [6.07, 6.45) is 11.7. The zero-order valence-corrected chi connectivity index (χ0v) is 12.9. The molecule has 1 heterocycles. The second kappa shape index (κ2) is 8.48. The van der Waals surface area contributed by atoms with E-state index < -0.39 is 0 Å². The van der Waals surface area contributed by atoms with Gasteiger partial charge in [0, 0.05) is 12.2 Å². The lowest BCUT2D eigenvalue weighted by Gasteiger charge is -2.35. The standard InChI is InChI=1S/C17H29NO2/c1-3-11-18-16(15-10-12-19-13-15)17(20-4-2)14-8-6-5-7-9-14/h10,12-14,16-18H,3-9,11H2,1-2H3. The van der Waals surface area contributed by atoms with Gasteiger partial charge < -0.3 is 14.5 Å². The molecule has 0 bridgehead atoms. The molecule has 1 aliphatic carbocycles. The van der Waals surface area contributed by atoms with Gasteiger partial charge in [-0.2, -0.15) is 0 Å². The van der Waals surface area contributed by atoms with Crippen molar-refractivity contribution in [2.45, 2.75) is 64.5 Å². The lowest BCUT2D eigenvalue weighted by molar-refractivity contribution is -0.0184. The average molecular weight is 279 g/mol. The summed E-state index contributed by atoms with van der Waals surface area (Å²) in [6.45, 7) is 6.10. The van der Waals surface area contributed by atoms with Gasteiger partial charge in [-0.05, 0) is 44.7 Å². The van der Waals surface area contributed by atoms with Gasteiger partial charge in [0.25, 0.3) is 0 Å². The van der Waals surface area contributed by atoms with Gasteiger partial charge in [-0.15, -0.1) is 0 Å². The number of rotatable bonds is 8. The number of hydrogen-bond acceptors (Lipinski definition) is 3. The third-order valence-corrected chi connectivity index (χ3v) is 4.32. The largest absolute Gasteiger partial charge is 0.472 e. The fraction of sp³-hybridized carbons (Fsp3) is 0.765. The zero-order valence-electron chi connectivity index (χ0n) is 12.9. The Labute approximate surface area is 123 Å². The molecule has 1 fully saturated rings. The van der Waals surface area contributed by atoms with Gasteiger partial charge in [0.05, 0.1) is 24.7 Å². The van der Waals surface area contributed by atoms with Crippen molar-refractivity contribution in [3.05, 3.63) is 24.2 Å². The molecule has 1 saturated carbocycles. The first-order chi connectivity index (χ1) is 9.86. The Balaban J connectivity index is 2.12. The van der Waals surface area contributed by atoms with Crippen LogP contribution in [0.2, 0.25) is 0 Å². The second-order valence-corrected chi connectivity index (χ2v) is 5.81. The predicted octanol–water partition coefficient (Wildman–Crippen LogP) is 4.31. The Morgan fingerprint density at radius 3 is 2.70 bits per heavy atom. The molecule has 3 nitrogen and oxygen atoms in total. The number of furan rings is 1. The van der Waals surface area contributed by atoms with Crippen molar-refractivity contribution in [3.63, 3.8) is 0 Å². The van der Waals surface area contributed by atoms with Crippen LogP contribution >= 0.6 is 0 Å². The van der Waals surface area contributed by atoms with Crippen molar-refractivity contribution in [1.29, 1.82) is 0 Å². The number of ether oxygens (including phenoxy) is 1. The molecule has 3 heteroatoms. The minimum Gasteiger partial charge on any atom is -0.472 e. The number of nitrogens with one attached hydrogen (secondary N) is 1. The molecule has 0 spiro atoms. The topological polar surface area (TPSA) is 34.4 Å². The van der Waals surface area contributed by atoms with Gasteiger partial charge in [0.1, 0.15) is 0 Å². The van der Waals surface area contributed by atoms with Crippen molar-refractivity contribution in [2.75, 3.05) is 13.2 Å².